The monoisotopic (exact) mass is 291 g/mol. The maximum Gasteiger partial charge on any atom is 0.0679 e. The van der Waals surface area contributed by atoms with Crippen molar-refractivity contribution in [1.29, 1.82) is 0 Å². The van der Waals surface area contributed by atoms with E-state index in [9.17, 15) is 5.11 Å². The van der Waals surface area contributed by atoms with Crippen molar-refractivity contribution in [2.45, 2.75) is 44.6 Å². The molecule has 1 aromatic carbocycles. The number of benzene rings is 1. The molecule has 1 saturated carbocycles. The molecule has 0 saturated heterocycles. The zero-order valence-electron chi connectivity index (χ0n) is 13.2. The van der Waals surface area contributed by atoms with Crippen molar-refractivity contribution < 1.29 is 9.84 Å². The molecule has 3 heteroatoms. The minimum absolute atomic E-state index is 0.177. The van der Waals surface area contributed by atoms with Crippen LogP contribution in [0.25, 0.3) is 0 Å². The molecule has 2 N–H and O–H groups in total. The van der Waals surface area contributed by atoms with Gasteiger partial charge < -0.3 is 15.2 Å². The molecule has 3 nitrogen and oxygen atoms in total. The van der Waals surface area contributed by atoms with E-state index in [4.69, 9.17) is 4.74 Å². The van der Waals surface area contributed by atoms with Crippen LogP contribution in [0, 0.1) is 5.92 Å². The zero-order chi connectivity index (χ0) is 15.0. The van der Waals surface area contributed by atoms with E-state index in [0.717, 1.165) is 32.4 Å². The zero-order valence-corrected chi connectivity index (χ0v) is 13.2. The predicted octanol–water partition coefficient (Wildman–Crippen LogP) is 2.78. The standard InChI is InChI=1S/C18H29NO2/c1-2-12-19-18(14-20,17-10-11-17)15-21-13-6-9-16-7-4-3-5-8-16/h3-5,7-8,17,19-20H,2,6,9-15H2,1H3. The lowest BCUT2D eigenvalue weighted by Crippen LogP contribution is -2.54. The molecule has 1 aliphatic rings. The Hall–Kier alpha value is -0.900. The van der Waals surface area contributed by atoms with Crippen molar-refractivity contribution in [3.05, 3.63) is 35.9 Å². The van der Waals surface area contributed by atoms with Crippen LogP contribution in [0.4, 0.5) is 0 Å². The van der Waals surface area contributed by atoms with Gasteiger partial charge in [-0.1, -0.05) is 37.3 Å². The van der Waals surface area contributed by atoms with E-state index in [2.05, 4.69) is 36.5 Å². The van der Waals surface area contributed by atoms with Gasteiger partial charge >= 0.3 is 0 Å². The summed E-state index contributed by atoms with van der Waals surface area (Å²) < 4.78 is 5.89. The highest BCUT2D eigenvalue weighted by atomic mass is 16.5. The number of aliphatic hydroxyl groups is 1. The first-order chi connectivity index (χ1) is 10.3. The van der Waals surface area contributed by atoms with Crippen LogP contribution in [0.5, 0.6) is 0 Å². The molecule has 1 fully saturated rings. The second-order valence-electron chi connectivity index (χ2n) is 6.16. The molecule has 1 aliphatic carbocycles. The maximum absolute atomic E-state index is 9.81. The van der Waals surface area contributed by atoms with Gasteiger partial charge in [0.25, 0.3) is 0 Å². The Labute approximate surface area is 128 Å². The fourth-order valence-electron chi connectivity index (χ4n) is 2.83. The smallest absolute Gasteiger partial charge is 0.0679 e. The van der Waals surface area contributed by atoms with Crippen LogP contribution in [0.2, 0.25) is 0 Å². The Balaban J connectivity index is 1.69. The van der Waals surface area contributed by atoms with Crippen molar-refractivity contribution in [1.82, 2.24) is 5.32 Å². The van der Waals surface area contributed by atoms with Gasteiger partial charge in [-0.2, -0.15) is 0 Å². The molecule has 21 heavy (non-hydrogen) atoms. The number of hydrogen-bond acceptors (Lipinski definition) is 3. The Bertz CT molecular complexity index is 391. The second-order valence-corrected chi connectivity index (χ2v) is 6.16. The van der Waals surface area contributed by atoms with Crippen LogP contribution in [0.15, 0.2) is 30.3 Å². The molecule has 0 radical (unpaired) electrons. The van der Waals surface area contributed by atoms with Gasteiger partial charge in [0, 0.05) is 6.61 Å². The Morgan fingerprint density at radius 1 is 1.29 bits per heavy atom. The van der Waals surface area contributed by atoms with Crippen LogP contribution >= 0.6 is 0 Å². The molecule has 0 bridgehead atoms. The van der Waals surface area contributed by atoms with Gasteiger partial charge in [0.1, 0.15) is 0 Å². The SMILES string of the molecule is CCCNC(CO)(COCCCc1ccccc1)C1CC1. The third-order valence-electron chi connectivity index (χ3n) is 4.32. The first kappa shape index (κ1) is 16.5. The van der Waals surface area contributed by atoms with Crippen molar-refractivity contribution >= 4 is 0 Å². The van der Waals surface area contributed by atoms with Crippen LogP contribution in [0.3, 0.4) is 0 Å². The Morgan fingerprint density at radius 3 is 2.67 bits per heavy atom. The largest absolute Gasteiger partial charge is 0.394 e. The molecule has 0 aliphatic heterocycles. The molecule has 1 aromatic rings. The van der Waals surface area contributed by atoms with Gasteiger partial charge in [-0.05, 0) is 50.1 Å². The number of ether oxygens (including phenoxy) is 1. The molecule has 0 aromatic heterocycles. The Kier molecular flexibility index (Phi) is 6.68. The lowest BCUT2D eigenvalue weighted by atomic mass is 9.95. The number of nitrogens with one attached hydrogen (secondary N) is 1. The van der Waals surface area contributed by atoms with Crippen molar-refractivity contribution in [3.63, 3.8) is 0 Å². The first-order valence-electron chi connectivity index (χ1n) is 8.28. The fraction of sp³-hybridized carbons (Fsp3) is 0.667. The van der Waals surface area contributed by atoms with Gasteiger partial charge in [0.2, 0.25) is 0 Å². The summed E-state index contributed by atoms with van der Waals surface area (Å²) in [4.78, 5) is 0. The number of aliphatic hydroxyl groups excluding tert-OH is 1. The molecular formula is C18H29NO2. The van der Waals surface area contributed by atoms with Crippen molar-refractivity contribution in [2.24, 2.45) is 5.92 Å². The number of aryl methyl sites for hydroxylation is 1. The molecule has 1 atom stereocenters. The highest BCUT2D eigenvalue weighted by Crippen LogP contribution is 2.39. The molecule has 0 heterocycles. The summed E-state index contributed by atoms with van der Waals surface area (Å²) in [6.45, 7) is 4.67. The predicted molar refractivity (Wildman–Crippen MR) is 86.4 cm³/mol. The van der Waals surface area contributed by atoms with Crippen LogP contribution in [0.1, 0.15) is 38.2 Å². The first-order valence-corrected chi connectivity index (χ1v) is 8.28. The van der Waals surface area contributed by atoms with E-state index in [1.807, 2.05) is 6.07 Å². The molecule has 118 valence electrons. The molecule has 1 unspecified atom stereocenters. The number of hydrogen-bond donors (Lipinski definition) is 2. The van der Waals surface area contributed by atoms with E-state index in [0.29, 0.717) is 12.5 Å². The van der Waals surface area contributed by atoms with Gasteiger partial charge in [-0.15, -0.1) is 0 Å². The highest BCUT2D eigenvalue weighted by Gasteiger charge is 2.44. The topological polar surface area (TPSA) is 41.5 Å². The van der Waals surface area contributed by atoms with E-state index < -0.39 is 0 Å². The van der Waals surface area contributed by atoms with E-state index in [1.165, 1.54) is 18.4 Å². The van der Waals surface area contributed by atoms with Gasteiger partial charge in [-0.25, -0.2) is 0 Å². The summed E-state index contributed by atoms with van der Waals surface area (Å²) in [5.41, 5.74) is 1.16. The Morgan fingerprint density at radius 2 is 2.05 bits per heavy atom. The highest BCUT2D eigenvalue weighted by molar-refractivity contribution is 5.14. The summed E-state index contributed by atoms with van der Waals surface area (Å²) in [6, 6.07) is 10.5. The molecular weight excluding hydrogens is 262 g/mol. The lowest BCUT2D eigenvalue weighted by Gasteiger charge is -2.33. The molecule has 2 rings (SSSR count). The van der Waals surface area contributed by atoms with Gasteiger partial charge in [0.15, 0.2) is 0 Å². The van der Waals surface area contributed by atoms with E-state index in [1.54, 1.807) is 0 Å². The second kappa shape index (κ2) is 8.52. The summed E-state index contributed by atoms with van der Waals surface area (Å²) in [5.74, 6) is 0.586. The van der Waals surface area contributed by atoms with Crippen LogP contribution in [-0.4, -0.2) is 37.0 Å². The summed E-state index contributed by atoms with van der Waals surface area (Å²) in [5, 5.41) is 13.3. The van der Waals surface area contributed by atoms with E-state index in [-0.39, 0.29) is 12.1 Å². The minimum atomic E-state index is -0.206. The molecule has 0 spiro atoms. The fourth-order valence-corrected chi connectivity index (χ4v) is 2.83. The van der Waals surface area contributed by atoms with Crippen molar-refractivity contribution in [3.8, 4) is 0 Å². The van der Waals surface area contributed by atoms with Crippen LogP contribution < -0.4 is 5.32 Å². The quantitative estimate of drug-likeness (QED) is 0.616. The summed E-state index contributed by atoms with van der Waals surface area (Å²) >= 11 is 0. The summed E-state index contributed by atoms with van der Waals surface area (Å²) in [7, 11) is 0. The average molecular weight is 291 g/mol. The minimum Gasteiger partial charge on any atom is -0.394 e. The summed E-state index contributed by atoms with van der Waals surface area (Å²) in [6.07, 6.45) is 5.60. The third kappa shape index (κ3) is 5.10. The van der Waals surface area contributed by atoms with Crippen molar-refractivity contribution in [2.75, 3.05) is 26.4 Å². The lowest BCUT2D eigenvalue weighted by molar-refractivity contribution is 0.0230. The number of rotatable bonds is 11. The molecule has 0 amide bonds. The van der Waals surface area contributed by atoms with Gasteiger partial charge in [-0.3, -0.25) is 0 Å². The third-order valence-corrected chi connectivity index (χ3v) is 4.32. The maximum atomic E-state index is 9.81. The van der Waals surface area contributed by atoms with E-state index >= 15 is 0 Å². The van der Waals surface area contributed by atoms with Crippen LogP contribution in [-0.2, 0) is 11.2 Å². The van der Waals surface area contributed by atoms with Gasteiger partial charge in [0.05, 0.1) is 18.8 Å². The normalized spacial score (nSPS) is 17.6. The average Bonchev–Trinajstić information content (AvgIpc) is 3.37.